The number of fused-ring (bicyclic) bond motifs is 1. The first kappa shape index (κ1) is 17.0. The first-order chi connectivity index (χ1) is 12.4. The third kappa shape index (κ3) is 3.05. The van der Waals surface area contributed by atoms with Crippen molar-refractivity contribution in [2.45, 2.75) is 25.1 Å². The number of nitrogens with zero attached hydrogens (tertiary/aromatic N) is 3. The number of rotatable bonds is 2. The molecular formula is C18H14F3N3OS. The molecule has 0 saturated carbocycles. The lowest BCUT2D eigenvalue weighted by atomic mass is 10.2. The standard InChI is InChI=1S/C18H14F3N3OS/c19-18(20,21)15-8-7-11(10-22-15)17(25)24-9-3-5-13(24)16-23-12-4-1-2-6-14(12)26-16/h1-2,4,6-8,10,13H,3,5,9H2. The van der Waals surface area contributed by atoms with Crippen LogP contribution >= 0.6 is 11.3 Å². The van der Waals surface area contributed by atoms with E-state index in [4.69, 9.17) is 0 Å². The van der Waals surface area contributed by atoms with Gasteiger partial charge in [0.1, 0.15) is 10.7 Å². The van der Waals surface area contributed by atoms with Gasteiger partial charge in [0.2, 0.25) is 0 Å². The van der Waals surface area contributed by atoms with Gasteiger partial charge in [-0.15, -0.1) is 11.3 Å². The molecule has 1 aromatic carbocycles. The second-order valence-corrected chi connectivity index (χ2v) is 7.17. The van der Waals surface area contributed by atoms with Gasteiger partial charge in [-0.25, -0.2) is 4.98 Å². The average Bonchev–Trinajstić information content (AvgIpc) is 3.26. The van der Waals surface area contributed by atoms with Crippen LogP contribution in [0, 0.1) is 0 Å². The van der Waals surface area contributed by atoms with Crippen molar-refractivity contribution in [3.63, 3.8) is 0 Å². The molecule has 1 saturated heterocycles. The van der Waals surface area contributed by atoms with Gasteiger partial charge >= 0.3 is 6.18 Å². The summed E-state index contributed by atoms with van der Waals surface area (Å²) in [7, 11) is 0. The van der Waals surface area contributed by atoms with Crippen LogP contribution in [0.15, 0.2) is 42.6 Å². The first-order valence-electron chi connectivity index (χ1n) is 8.13. The Hall–Kier alpha value is -2.48. The van der Waals surface area contributed by atoms with Crippen molar-refractivity contribution in [3.05, 3.63) is 58.9 Å². The molecule has 1 atom stereocenters. The van der Waals surface area contributed by atoms with Crippen molar-refractivity contribution >= 4 is 27.5 Å². The van der Waals surface area contributed by atoms with E-state index in [1.54, 1.807) is 16.2 Å². The van der Waals surface area contributed by atoms with Crippen LogP contribution in [0.25, 0.3) is 10.2 Å². The van der Waals surface area contributed by atoms with Gasteiger partial charge in [0.15, 0.2) is 0 Å². The zero-order chi connectivity index (χ0) is 18.3. The van der Waals surface area contributed by atoms with Crippen molar-refractivity contribution in [3.8, 4) is 0 Å². The molecule has 4 nitrogen and oxygen atoms in total. The Morgan fingerprint density at radius 2 is 2.00 bits per heavy atom. The highest BCUT2D eigenvalue weighted by Crippen LogP contribution is 2.37. The summed E-state index contributed by atoms with van der Waals surface area (Å²) in [5, 5.41) is 0.858. The Kier molecular flexibility index (Phi) is 4.14. The smallest absolute Gasteiger partial charge is 0.329 e. The zero-order valence-corrected chi connectivity index (χ0v) is 14.3. The summed E-state index contributed by atoms with van der Waals surface area (Å²) in [6, 6.07) is 9.64. The molecule has 4 rings (SSSR count). The third-order valence-corrected chi connectivity index (χ3v) is 5.55. The van der Waals surface area contributed by atoms with Crippen LogP contribution in [0.5, 0.6) is 0 Å². The van der Waals surface area contributed by atoms with E-state index in [-0.39, 0.29) is 17.5 Å². The molecule has 3 aromatic rings. The number of thiazole rings is 1. The highest BCUT2D eigenvalue weighted by Gasteiger charge is 2.35. The fourth-order valence-electron chi connectivity index (χ4n) is 3.15. The van der Waals surface area contributed by atoms with Gasteiger partial charge in [0.25, 0.3) is 5.91 Å². The fourth-order valence-corrected chi connectivity index (χ4v) is 4.27. The minimum absolute atomic E-state index is 0.151. The Labute approximate surface area is 151 Å². The lowest BCUT2D eigenvalue weighted by Crippen LogP contribution is -2.30. The van der Waals surface area contributed by atoms with E-state index < -0.39 is 11.9 Å². The number of carbonyl (C=O) groups is 1. The van der Waals surface area contributed by atoms with Crippen molar-refractivity contribution in [1.29, 1.82) is 0 Å². The topological polar surface area (TPSA) is 46.1 Å². The molecule has 0 bridgehead atoms. The molecule has 2 aromatic heterocycles. The number of aromatic nitrogens is 2. The Morgan fingerprint density at radius 3 is 2.69 bits per heavy atom. The van der Waals surface area contributed by atoms with E-state index in [0.29, 0.717) is 6.54 Å². The molecule has 1 unspecified atom stereocenters. The van der Waals surface area contributed by atoms with Crippen molar-refractivity contribution in [2.75, 3.05) is 6.54 Å². The number of alkyl halides is 3. The van der Waals surface area contributed by atoms with Crippen molar-refractivity contribution in [1.82, 2.24) is 14.9 Å². The molecule has 0 radical (unpaired) electrons. The molecule has 0 N–H and O–H groups in total. The Bertz CT molecular complexity index is 919. The molecule has 0 spiro atoms. The normalized spacial score (nSPS) is 17.8. The van der Waals surface area contributed by atoms with Gasteiger partial charge in [0.05, 0.1) is 21.8 Å². The summed E-state index contributed by atoms with van der Waals surface area (Å²) >= 11 is 1.55. The number of likely N-dealkylation sites (tertiary alicyclic amines) is 1. The average molecular weight is 377 g/mol. The molecule has 1 fully saturated rings. The number of halogens is 3. The fraction of sp³-hybridized carbons (Fsp3) is 0.278. The first-order valence-corrected chi connectivity index (χ1v) is 8.95. The van der Waals surface area contributed by atoms with Crippen LogP contribution < -0.4 is 0 Å². The number of carbonyl (C=O) groups excluding carboxylic acids is 1. The molecule has 8 heteroatoms. The predicted molar refractivity (Wildman–Crippen MR) is 91.9 cm³/mol. The van der Waals surface area contributed by atoms with Crippen LogP contribution in [0.4, 0.5) is 13.2 Å². The summed E-state index contributed by atoms with van der Waals surface area (Å²) in [5.74, 6) is -0.312. The van der Waals surface area contributed by atoms with Crippen molar-refractivity contribution < 1.29 is 18.0 Å². The van der Waals surface area contributed by atoms with E-state index in [2.05, 4.69) is 9.97 Å². The molecule has 1 aliphatic rings. The minimum Gasteiger partial charge on any atom is -0.329 e. The van der Waals surface area contributed by atoms with Gasteiger partial charge in [-0.1, -0.05) is 12.1 Å². The van der Waals surface area contributed by atoms with E-state index in [1.165, 1.54) is 6.07 Å². The molecule has 0 aliphatic carbocycles. The summed E-state index contributed by atoms with van der Waals surface area (Å²) in [6.45, 7) is 0.556. The second kappa shape index (κ2) is 6.35. The summed E-state index contributed by atoms with van der Waals surface area (Å²) in [4.78, 5) is 22.5. The summed E-state index contributed by atoms with van der Waals surface area (Å²) in [6.07, 6.45) is -1.89. The summed E-state index contributed by atoms with van der Waals surface area (Å²) in [5.41, 5.74) is 0.0483. The van der Waals surface area contributed by atoms with Crippen LogP contribution in [0.2, 0.25) is 0 Å². The SMILES string of the molecule is O=C(c1ccc(C(F)(F)F)nc1)N1CCCC1c1nc2ccccc2s1. The maximum absolute atomic E-state index is 12.8. The Morgan fingerprint density at radius 1 is 1.19 bits per heavy atom. The molecule has 134 valence electrons. The van der Waals surface area contributed by atoms with Gasteiger partial charge in [-0.3, -0.25) is 9.78 Å². The lowest BCUT2D eigenvalue weighted by Gasteiger charge is -2.23. The largest absolute Gasteiger partial charge is 0.433 e. The van der Waals surface area contributed by atoms with Gasteiger partial charge < -0.3 is 4.90 Å². The minimum atomic E-state index is -4.52. The molecule has 1 aliphatic heterocycles. The van der Waals surface area contributed by atoms with Gasteiger partial charge in [-0.05, 0) is 37.1 Å². The monoisotopic (exact) mass is 377 g/mol. The van der Waals surface area contributed by atoms with Crippen molar-refractivity contribution in [2.24, 2.45) is 0 Å². The second-order valence-electron chi connectivity index (χ2n) is 6.11. The quantitative estimate of drug-likeness (QED) is 0.651. The number of hydrogen-bond donors (Lipinski definition) is 0. The predicted octanol–water partition coefficient (Wildman–Crippen LogP) is 4.69. The molecular weight excluding hydrogens is 363 g/mol. The van der Waals surface area contributed by atoms with Crippen LogP contribution in [0.3, 0.4) is 0 Å². The zero-order valence-electron chi connectivity index (χ0n) is 13.5. The van der Waals surface area contributed by atoms with Gasteiger partial charge in [0, 0.05) is 12.7 Å². The molecule has 3 heterocycles. The van der Waals surface area contributed by atoms with Crippen LogP contribution in [-0.4, -0.2) is 27.3 Å². The van der Waals surface area contributed by atoms with E-state index >= 15 is 0 Å². The number of benzene rings is 1. The maximum atomic E-state index is 12.8. The molecule has 26 heavy (non-hydrogen) atoms. The third-order valence-electron chi connectivity index (χ3n) is 4.41. The highest BCUT2D eigenvalue weighted by molar-refractivity contribution is 7.18. The van der Waals surface area contributed by atoms with Crippen LogP contribution in [-0.2, 0) is 6.18 Å². The number of pyridine rings is 1. The number of hydrogen-bond acceptors (Lipinski definition) is 4. The summed E-state index contributed by atoms with van der Waals surface area (Å²) < 4.78 is 39.0. The maximum Gasteiger partial charge on any atom is 0.433 e. The Balaban J connectivity index is 1.60. The number of para-hydroxylation sites is 1. The molecule has 1 amide bonds. The lowest BCUT2D eigenvalue weighted by molar-refractivity contribution is -0.141. The highest BCUT2D eigenvalue weighted by atomic mass is 32.1. The van der Waals surface area contributed by atoms with E-state index in [9.17, 15) is 18.0 Å². The van der Waals surface area contributed by atoms with Crippen LogP contribution in [0.1, 0.15) is 39.9 Å². The van der Waals surface area contributed by atoms with E-state index in [0.717, 1.165) is 40.3 Å². The number of amides is 1. The van der Waals surface area contributed by atoms with Gasteiger partial charge in [-0.2, -0.15) is 13.2 Å². The van der Waals surface area contributed by atoms with E-state index in [1.807, 2.05) is 24.3 Å².